The van der Waals surface area contributed by atoms with E-state index in [0.717, 1.165) is 43.7 Å². The fraction of sp³-hybridized carbons (Fsp3) is 0.467. The maximum Gasteiger partial charge on any atom is 0.305 e. The van der Waals surface area contributed by atoms with E-state index in [4.69, 9.17) is 16.2 Å². The number of para-hydroxylation sites is 1. The molecule has 0 radical (unpaired) electrons. The average Bonchev–Trinajstić information content (AvgIpc) is 1.78. The third kappa shape index (κ3) is 29.5. The van der Waals surface area contributed by atoms with E-state index in [1.165, 1.54) is 64.3 Å². The number of phenols is 1. The Morgan fingerprint density at radius 3 is 1.76 bits per heavy atom. The van der Waals surface area contributed by atoms with Crippen molar-refractivity contribution in [2.45, 2.75) is 196 Å². The molecule has 4 heterocycles. The standard InChI is InChI=1S/C92H115F4N17O21S/c1-7-8-21-70-91(132)112-34-15-22-69(112)85(126)106-66(44-77(119)120)84(125)108-79(50(2)3)92(133)110(5)71(41-51-16-10-9-11-17-51)86(127)103-63(31-32-76(117)118)89(130)113-35-36-134-47-73(113)87(128)105-65(43-55-45-99-61-19-13-12-18-58(55)61)83(124)104-64(39-52-25-29-57(114)30-26-52)82(123)102-62(20-14-33-97)81(122)107-68(80(121)100-46-74(98)115)48-135-49-75(116)101-67(40-54-37-59(94)78(96)60(95)38-54)88(129)111(6)72(90(131)109(70)4)42-53-23-27-56(93)28-24-53/h9-13,16-19,23-30,37-38,45,50,62-73,79,99,114H,7-8,14-15,20-22,31-36,39-44,46-49,97H2,1-6H3,(H2,98,115)(H,100,121)(H,101,116)(H,102,123)(H,103,127)(H,104,124)(H,105,128)(H,106,126)(H,107,122)(H,108,125)(H,117,118)(H,119,120)/t62-,63-,64-,65-,66-,67-,68-,69+,70-,71-,72-,73+,79-/m0/s1. The number of amides is 15. The van der Waals surface area contributed by atoms with Crippen molar-refractivity contribution in [2.75, 3.05) is 72.0 Å². The highest BCUT2D eigenvalue weighted by Crippen LogP contribution is 2.28. The van der Waals surface area contributed by atoms with E-state index in [0.29, 0.717) is 57.9 Å². The molecule has 43 heteroatoms. The number of fused-ring (bicyclic) bond motifs is 3. The predicted octanol–water partition coefficient (Wildman–Crippen LogP) is 0.794. The molecule has 6 aromatic rings. The Morgan fingerprint density at radius 1 is 0.541 bits per heavy atom. The number of ether oxygens (including phenoxy) is 1. The number of aromatic amines is 1. The zero-order chi connectivity index (χ0) is 98.6. The van der Waals surface area contributed by atoms with Gasteiger partial charge in [-0.05, 0) is 121 Å². The van der Waals surface area contributed by atoms with Crippen LogP contribution >= 0.6 is 11.8 Å². The number of aromatic nitrogens is 1. The minimum Gasteiger partial charge on any atom is -0.508 e. The Morgan fingerprint density at radius 2 is 1.10 bits per heavy atom. The van der Waals surface area contributed by atoms with Crippen molar-refractivity contribution in [3.05, 3.63) is 173 Å². The first-order valence-corrected chi connectivity index (χ1v) is 45.3. The SMILES string of the molecule is CCCC[C@H]1C(=O)N2CCC[C@@H]2C(=O)N[C@@H](CC(=O)O)C(=O)N[C@@H](C(C)C)C(=O)N(C)[C@@H](Cc2ccccc2)C(=O)N[C@@H](CCC(=O)O)C(=O)N2CCOC[C@@H]2C(=O)N[C@@H](Cc2c[nH]c3ccccc23)C(=O)N[C@@H](Cc2ccc(O)cc2)C(=O)N[C@@H](CCCN)C(=O)N[C@H](C(=O)NCC(N)=O)CSCC(=O)N[C@@H](Cc2cc(F)c(F)c(F)c2)C(=O)N(C)[C@@H](Cc2ccc(F)cc2)C(=O)N1C. The van der Waals surface area contributed by atoms with E-state index < -0.39 is 277 Å². The van der Waals surface area contributed by atoms with Gasteiger partial charge < -0.3 is 109 Å². The molecule has 17 N–H and O–H groups in total. The number of nitrogens with one attached hydrogen (secondary N) is 10. The maximum atomic E-state index is 15.7. The Hall–Kier alpha value is -13.6. The van der Waals surface area contributed by atoms with Gasteiger partial charge in [-0.3, -0.25) is 81.5 Å². The molecule has 38 nitrogen and oxygen atoms in total. The van der Waals surface area contributed by atoms with Gasteiger partial charge in [-0.2, -0.15) is 0 Å². The number of benzene rings is 5. The molecule has 9 rings (SSSR count). The summed E-state index contributed by atoms with van der Waals surface area (Å²) < 4.78 is 65.6. The highest BCUT2D eigenvalue weighted by atomic mass is 32.2. The van der Waals surface area contributed by atoms with Crippen molar-refractivity contribution < 1.29 is 119 Å². The lowest BCUT2D eigenvalue weighted by molar-refractivity contribution is -0.152. The Labute approximate surface area is 779 Å². The summed E-state index contributed by atoms with van der Waals surface area (Å²) in [6.07, 6.45) is -3.08. The lowest BCUT2D eigenvalue weighted by Gasteiger charge is -2.38. The molecule has 0 spiro atoms. The van der Waals surface area contributed by atoms with Gasteiger partial charge in [-0.15, -0.1) is 11.8 Å². The minimum absolute atomic E-state index is 0.00553. The summed E-state index contributed by atoms with van der Waals surface area (Å²) in [5.41, 5.74) is 13.0. The number of unbranched alkanes of at least 4 members (excludes halogenated alkanes) is 1. The summed E-state index contributed by atoms with van der Waals surface area (Å²) in [7, 11) is 3.53. The van der Waals surface area contributed by atoms with E-state index in [1.807, 2.05) is 0 Å². The molecule has 5 aromatic carbocycles. The fourth-order valence-electron chi connectivity index (χ4n) is 16.1. The van der Waals surface area contributed by atoms with Crippen LogP contribution in [0.3, 0.4) is 0 Å². The number of rotatable bonds is 25. The Bertz CT molecular complexity index is 5250. The van der Waals surface area contributed by atoms with Gasteiger partial charge in [0.25, 0.3) is 0 Å². The number of hydrogen-bond acceptors (Lipinski definition) is 21. The number of carbonyl (C=O) groups is 17. The van der Waals surface area contributed by atoms with Gasteiger partial charge in [0, 0.05) is 95.6 Å². The lowest BCUT2D eigenvalue weighted by Crippen LogP contribution is -2.64. The molecular weight excluding hydrogens is 1790 g/mol. The Balaban J connectivity index is 1.14. The zero-order valence-corrected chi connectivity index (χ0v) is 76.2. The van der Waals surface area contributed by atoms with Gasteiger partial charge in [-0.25, -0.2) is 17.6 Å². The van der Waals surface area contributed by atoms with Crippen molar-refractivity contribution in [3.8, 4) is 5.75 Å². The topological polar surface area (TPSA) is 552 Å². The second-order valence-corrected chi connectivity index (χ2v) is 34.8. The maximum absolute atomic E-state index is 15.7. The monoisotopic (exact) mass is 1900 g/mol. The summed E-state index contributed by atoms with van der Waals surface area (Å²) >= 11 is 0.616. The van der Waals surface area contributed by atoms with E-state index in [9.17, 15) is 62.5 Å². The molecule has 3 saturated heterocycles. The molecule has 0 unspecified atom stereocenters. The van der Waals surface area contributed by atoms with Crippen LogP contribution in [-0.4, -0.2) is 296 Å². The van der Waals surface area contributed by atoms with Gasteiger partial charge in [0.15, 0.2) is 17.5 Å². The highest BCUT2D eigenvalue weighted by Gasteiger charge is 2.46. The number of halogens is 4. The fourth-order valence-corrected chi connectivity index (χ4v) is 17.0. The number of nitrogens with two attached hydrogens (primary N) is 2. The number of aromatic hydroxyl groups is 1. The van der Waals surface area contributed by atoms with Crippen LogP contribution < -0.4 is 59.3 Å². The van der Waals surface area contributed by atoms with E-state index >= 15 is 51.9 Å². The largest absolute Gasteiger partial charge is 0.508 e. The van der Waals surface area contributed by atoms with Gasteiger partial charge in [0.1, 0.15) is 90.1 Å². The number of carboxylic acids is 2. The van der Waals surface area contributed by atoms with Gasteiger partial charge in [0.05, 0.1) is 31.9 Å². The number of hydrogen-bond donors (Lipinski definition) is 15. The number of phenolic OH excluding ortho intramolecular Hbond substituents is 1. The molecule has 3 aliphatic rings. The number of carboxylic acid groups (broad SMARTS) is 2. The first kappa shape index (κ1) is 105. The number of nitrogens with zero attached hydrogens (tertiary/aromatic N) is 5. The molecule has 0 bridgehead atoms. The molecule has 135 heavy (non-hydrogen) atoms. The van der Waals surface area contributed by atoms with Gasteiger partial charge in [0.2, 0.25) is 88.6 Å². The number of likely N-dealkylation sites (N-methyl/N-ethyl adjacent to an activating group) is 3. The van der Waals surface area contributed by atoms with Crippen LogP contribution in [0, 0.1) is 29.2 Å². The van der Waals surface area contributed by atoms with Crippen molar-refractivity contribution in [2.24, 2.45) is 17.4 Å². The number of primary amides is 1. The first-order chi connectivity index (χ1) is 64.2. The summed E-state index contributed by atoms with van der Waals surface area (Å²) in [6.45, 7) is 2.52. The highest BCUT2D eigenvalue weighted by molar-refractivity contribution is 8.00. The molecule has 728 valence electrons. The third-order valence-corrected chi connectivity index (χ3v) is 24.6. The lowest BCUT2D eigenvalue weighted by atomic mass is 9.98. The zero-order valence-electron chi connectivity index (χ0n) is 75.4. The Kier molecular flexibility index (Phi) is 38.9. The predicted molar refractivity (Wildman–Crippen MR) is 482 cm³/mol. The molecule has 0 aliphatic carbocycles. The number of morpholine rings is 1. The molecule has 0 saturated carbocycles. The second-order valence-electron chi connectivity index (χ2n) is 33.8. The summed E-state index contributed by atoms with van der Waals surface area (Å²) in [5.74, 6) is -27.4. The van der Waals surface area contributed by atoms with E-state index in [1.54, 1.807) is 67.7 Å². The van der Waals surface area contributed by atoms with Crippen molar-refractivity contribution >= 4 is 123 Å². The van der Waals surface area contributed by atoms with E-state index in [2.05, 4.69) is 52.8 Å². The number of aliphatic carboxylic acids is 2. The quantitative estimate of drug-likeness (QED) is 0.0278. The third-order valence-electron chi connectivity index (χ3n) is 23.6. The average molecular weight is 1900 g/mol. The van der Waals surface area contributed by atoms with Gasteiger partial charge >= 0.3 is 11.9 Å². The van der Waals surface area contributed by atoms with Gasteiger partial charge in [-0.1, -0.05) is 106 Å². The molecule has 3 fully saturated rings. The van der Waals surface area contributed by atoms with Crippen LogP contribution in [0.1, 0.15) is 113 Å². The molecule has 1 aromatic heterocycles. The van der Waals surface area contributed by atoms with Crippen LogP contribution in [0.5, 0.6) is 5.75 Å². The van der Waals surface area contributed by atoms with Crippen LogP contribution in [0.15, 0.2) is 121 Å². The number of H-pyrrole nitrogens is 1. The van der Waals surface area contributed by atoms with Crippen LogP contribution in [-0.2, 0) is 118 Å². The second kappa shape index (κ2) is 50.0. The minimum atomic E-state index is -2.00. The smallest absolute Gasteiger partial charge is 0.305 e. The number of thioether (sulfide) groups is 1. The van der Waals surface area contributed by atoms with Crippen LogP contribution in [0.2, 0.25) is 0 Å². The molecule has 15 amide bonds. The van der Waals surface area contributed by atoms with E-state index in [-0.39, 0.29) is 88.9 Å². The van der Waals surface area contributed by atoms with Crippen LogP contribution in [0.4, 0.5) is 17.6 Å². The first-order valence-electron chi connectivity index (χ1n) is 44.2. The molecule has 3 aliphatic heterocycles. The normalized spacial score (nSPS) is 23.5. The van der Waals surface area contributed by atoms with Crippen LogP contribution in [0.25, 0.3) is 10.9 Å². The summed E-state index contributed by atoms with van der Waals surface area (Å²) in [5, 5.41) is 54.5. The molecular formula is C92H115F4N17O21S. The molecule has 13 atom stereocenters. The summed E-state index contributed by atoms with van der Waals surface area (Å²) in [6, 6.07) is 3.80. The number of carbonyl (C=O) groups excluding carboxylic acids is 15. The van der Waals surface area contributed by atoms with Crippen molar-refractivity contribution in [1.82, 2.24) is 77.3 Å². The van der Waals surface area contributed by atoms with Crippen molar-refractivity contribution in [1.29, 1.82) is 0 Å². The van der Waals surface area contributed by atoms with Crippen molar-refractivity contribution in [3.63, 3.8) is 0 Å². The summed E-state index contributed by atoms with van der Waals surface area (Å²) in [4.78, 5) is 258.